The van der Waals surface area contributed by atoms with Crippen LogP contribution in [-0.4, -0.2) is 24.9 Å². The van der Waals surface area contributed by atoms with Crippen molar-refractivity contribution in [1.29, 1.82) is 0 Å². The second kappa shape index (κ2) is 8.40. The first-order chi connectivity index (χ1) is 4.91. The van der Waals surface area contributed by atoms with Crippen LogP contribution in [-0.2, 0) is 4.74 Å². The minimum atomic E-state index is 0.0881. The third-order valence-electron chi connectivity index (χ3n) is 0.952. The lowest BCUT2D eigenvalue weighted by molar-refractivity contribution is 0.167. The molecule has 0 radical (unpaired) electrons. The topological polar surface area (TPSA) is 29.5 Å². The zero-order chi connectivity index (χ0) is 7.66. The molecule has 10 heavy (non-hydrogen) atoms. The van der Waals surface area contributed by atoms with Gasteiger partial charge < -0.3 is 9.84 Å². The first-order valence-corrected chi connectivity index (χ1v) is 3.36. The molecule has 58 valence electrons. The highest BCUT2D eigenvalue weighted by Crippen LogP contribution is 1.83. The second-order valence-corrected chi connectivity index (χ2v) is 1.81. The van der Waals surface area contributed by atoms with Gasteiger partial charge in [0.25, 0.3) is 0 Å². The van der Waals surface area contributed by atoms with Gasteiger partial charge in [0.15, 0.2) is 0 Å². The molecule has 0 unspecified atom stereocenters. The molecule has 0 aliphatic heterocycles. The molecule has 2 nitrogen and oxygen atoms in total. The van der Waals surface area contributed by atoms with Crippen LogP contribution in [0.15, 0.2) is 24.8 Å². The SMILES string of the molecule is C=CCCOC/C=C\CO. The lowest BCUT2D eigenvalue weighted by atomic mass is 10.4. The van der Waals surface area contributed by atoms with Crippen molar-refractivity contribution in [1.82, 2.24) is 0 Å². The van der Waals surface area contributed by atoms with Gasteiger partial charge in [-0.2, -0.15) is 0 Å². The Bertz CT molecular complexity index is 97.4. The lowest BCUT2D eigenvalue weighted by Gasteiger charge is -1.95. The highest BCUT2D eigenvalue weighted by molar-refractivity contribution is 4.80. The maximum Gasteiger partial charge on any atom is 0.0648 e. The van der Waals surface area contributed by atoms with Crippen LogP contribution in [0.5, 0.6) is 0 Å². The summed E-state index contributed by atoms with van der Waals surface area (Å²) in [6.45, 7) is 4.93. The van der Waals surface area contributed by atoms with Gasteiger partial charge in [0.05, 0.1) is 19.8 Å². The van der Waals surface area contributed by atoms with Crippen LogP contribution >= 0.6 is 0 Å². The molecule has 2 heteroatoms. The van der Waals surface area contributed by atoms with Gasteiger partial charge in [-0.3, -0.25) is 0 Å². The molecule has 0 bridgehead atoms. The van der Waals surface area contributed by atoms with Crippen molar-refractivity contribution in [3.8, 4) is 0 Å². The Hall–Kier alpha value is -0.600. The molecule has 0 aromatic carbocycles. The smallest absolute Gasteiger partial charge is 0.0648 e. The van der Waals surface area contributed by atoms with E-state index in [9.17, 15) is 0 Å². The summed E-state index contributed by atoms with van der Waals surface area (Å²) in [6, 6.07) is 0. The van der Waals surface area contributed by atoms with Crippen molar-refractivity contribution in [3.05, 3.63) is 24.8 Å². The van der Waals surface area contributed by atoms with Crippen LogP contribution in [0.3, 0.4) is 0 Å². The normalized spacial score (nSPS) is 10.5. The fourth-order valence-electron chi connectivity index (χ4n) is 0.461. The second-order valence-electron chi connectivity index (χ2n) is 1.81. The maximum atomic E-state index is 8.31. The molecule has 0 saturated carbocycles. The van der Waals surface area contributed by atoms with Gasteiger partial charge in [-0.05, 0) is 6.42 Å². The van der Waals surface area contributed by atoms with Crippen molar-refractivity contribution in [2.45, 2.75) is 6.42 Å². The Kier molecular flexibility index (Phi) is 7.90. The van der Waals surface area contributed by atoms with E-state index in [2.05, 4.69) is 6.58 Å². The standard InChI is InChI=1S/C8H14O2/c1-2-3-7-10-8-5-4-6-9/h2,4-5,9H,1,3,6-8H2/b5-4-. The van der Waals surface area contributed by atoms with Crippen LogP contribution in [0.1, 0.15) is 6.42 Å². The molecular weight excluding hydrogens is 128 g/mol. The van der Waals surface area contributed by atoms with Crippen molar-refractivity contribution in [2.24, 2.45) is 0 Å². The third-order valence-corrected chi connectivity index (χ3v) is 0.952. The van der Waals surface area contributed by atoms with Crippen LogP contribution in [0, 0.1) is 0 Å². The number of aliphatic hydroxyl groups is 1. The van der Waals surface area contributed by atoms with Gasteiger partial charge >= 0.3 is 0 Å². The maximum absolute atomic E-state index is 8.31. The largest absolute Gasteiger partial charge is 0.392 e. The van der Waals surface area contributed by atoms with E-state index >= 15 is 0 Å². The van der Waals surface area contributed by atoms with Gasteiger partial charge in [0, 0.05) is 0 Å². The molecule has 0 rings (SSSR count). The van der Waals surface area contributed by atoms with Gasteiger partial charge in [0.1, 0.15) is 0 Å². The van der Waals surface area contributed by atoms with E-state index in [0.717, 1.165) is 6.42 Å². The van der Waals surface area contributed by atoms with Crippen LogP contribution in [0.2, 0.25) is 0 Å². The Labute approximate surface area is 61.8 Å². The van der Waals surface area contributed by atoms with E-state index < -0.39 is 0 Å². The Morgan fingerprint density at radius 1 is 1.40 bits per heavy atom. The quantitative estimate of drug-likeness (QED) is 0.445. The third kappa shape index (κ3) is 7.40. The first kappa shape index (κ1) is 9.40. The Morgan fingerprint density at radius 2 is 2.20 bits per heavy atom. The van der Waals surface area contributed by atoms with E-state index in [-0.39, 0.29) is 6.61 Å². The van der Waals surface area contributed by atoms with E-state index in [1.165, 1.54) is 0 Å². The predicted octanol–water partition coefficient (Wildman–Crippen LogP) is 1.13. The molecule has 0 amide bonds. The minimum absolute atomic E-state index is 0.0881. The average Bonchev–Trinajstić information content (AvgIpc) is 1.97. The molecule has 0 fully saturated rings. The van der Waals surface area contributed by atoms with E-state index in [1.807, 2.05) is 6.08 Å². The zero-order valence-electron chi connectivity index (χ0n) is 6.12. The molecule has 0 spiro atoms. The highest BCUT2D eigenvalue weighted by Gasteiger charge is 1.79. The molecule has 0 aromatic heterocycles. The average molecular weight is 142 g/mol. The van der Waals surface area contributed by atoms with E-state index in [1.54, 1.807) is 12.2 Å². The van der Waals surface area contributed by atoms with Gasteiger partial charge in [-0.25, -0.2) is 0 Å². The number of hydrogen-bond acceptors (Lipinski definition) is 2. The summed E-state index contributed by atoms with van der Waals surface area (Å²) < 4.78 is 5.11. The monoisotopic (exact) mass is 142 g/mol. The summed E-state index contributed by atoms with van der Waals surface area (Å²) in [6.07, 6.45) is 6.15. The number of rotatable bonds is 6. The number of aliphatic hydroxyl groups excluding tert-OH is 1. The highest BCUT2D eigenvalue weighted by atomic mass is 16.5. The van der Waals surface area contributed by atoms with Crippen molar-refractivity contribution in [3.63, 3.8) is 0 Å². The van der Waals surface area contributed by atoms with Crippen LogP contribution < -0.4 is 0 Å². The van der Waals surface area contributed by atoms with Gasteiger partial charge in [-0.1, -0.05) is 18.2 Å². The lowest BCUT2D eigenvalue weighted by Crippen LogP contribution is -1.92. The van der Waals surface area contributed by atoms with Crippen molar-refractivity contribution >= 4 is 0 Å². The molecule has 1 N–H and O–H groups in total. The predicted molar refractivity (Wildman–Crippen MR) is 41.9 cm³/mol. The zero-order valence-corrected chi connectivity index (χ0v) is 6.12. The Balaban J connectivity index is 2.89. The van der Waals surface area contributed by atoms with Gasteiger partial charge in [0.2, 0.25) is 0 Å². The van der Waals surface area contributed by atoms with Crippen molar-refractivity contribution < 1.29 is 9.84 Å². The fourth-order valence-corrected chi connectivity index (χ4v) is 0.461. The first-order valence-electron chi connectivity index (χ1n) is 3.36. The summed E-state index contributed by atoms with van der Waals surface area (Å²) in [5.74, 6) is 0. The molecule has 0 aromatic rings. The summed E-state index contributed by atoms with van der Waals surface area (Å²) in [4.78, 5) is 0. The van der Waals surface area contributed by atoms with Crippen LogP contribution in [0.25, 0.3) is 0 Å². The fraction of sp³-hybridized carbons (Fsp3) is 0.500. The number of hydrogen-bond donors (Lipinski definition) is 1. The molecule has 0 saturated heterocycles. The van der Waals surface area contributed by atoms with Crippen LogP contribution in [0.4, 0.5) is 0 Å². The molecule has 0 atom stereocenters. The summed E-state index contributed by atoms with van der Waals surface area (Å²) in [7, 11) is 0. The van der Waals surface area contributed by atoms with Gasteiger partial charge in [-0.15, -0.1) is 6.58 Å². The summed E-state index contributed by atoms with van der Waals surface area (Å²) >= 11 is 0. The molecule has 0 heterocycles. The van der Waals surface area contributed by atoms with Crippen molar-refractivity contribution in [2.75, 3.05) is 19.8 Å². The molecule has 0 aliphatic carbocycles. The molecule has 0 aliphatic rings. The summed E-state index contributed by atoms with van der Waals surface area (Å²) in [5, 5.41) is 8.31. The summed E-state index contributed by atoms with van der Waals surface area (Å²) in [5.41, 5.74) is 0. The van der Waals surface area contributed by atoms with E-state index in [0.29, 0.717) is 13.2 Å². The molecular formula is C8H14O2. The Morgan fingerprint density at radius 3 is 2.80 bits per heavy atom. The minimum Gasteiger partial charge on any atom is -0.392 e. The number of ether oxygens (including phenoxy) is 1. The van der Waals surface area contributed by atoms with E-state index in [4.69, 9.17) is 9.84 Å².